The second-order valence-corrected chi connectivity index (χ2v) is 8.18. The van der Waals surface area contributed by atoms with Crippen molar-refractivity contribution in [2.45, 2.75) is 44.1 Å². The molecule has 3 atom stereocenters. The zero-order valence-electron chi connectivity index (χ0n) is 14.9. The van der Waals surface area contributed by atoms with Gasteiger partial charge in [0.1, 0.15) is 11.1 Å². The Hall–Kier alpha value is -1.77. The number of carbonyl (C=O) groups is 3. The highest BCUT2D eigenvalue weighted by molar-refractivity contribution is 8.04. The number of hydrogen-bond acceptors (Lipinski definition) is 5. The lowest BCUT2D eigenvalue weighted by atomic mass is 9.90. The third-order valence-corrected chi connectivity index (χ3v) is 6.39. The number of carbonyl (C=O) groups excluding carboxylic acids is 3. The molecule has 0 radical (unpaired) electrons. The maximum Gasteiger partial charge on any atom is 0.236 e. The molecule has 0 aromatic heterocycles. The Kier molecular flexibility index (Phi) is 6.29. The number of rotatable bonds is 8. The predicted octanol–water partition coefficient (Wildman–Crippen LogP) is 2.77. The number of anilines is 1. The van der Waals surface area contributed by atoms with Crippen molar-refractivity contribution in [2.24, 2.45) is 5.92 Å². The molecule has 0 unspecified atom stereocenters. The van der Waals surface area contributed by atoms with E-state index in [4.69, 9.17) is 0 Å². The quantitative estimate of drug-likeness (QED) is 0.457. The Morgan fingerprint density at radius 1 is 1.33 bits per heavy atom. The van der Waals surface area contributed by atoms with E-state index in [-0.39, 0.29) is 17.2 Å². The van der Waals surface area contributed by atoms with Crippen LogP contribution in [0.3, 0.4) is 0 Å². The number of nitrogens with one attached hydrogen (secondary N) is 1. The van der Waals surface area contributed by atoms with Gasteiger partial charge in [0.2, 0.25) is 16.9 Å². The van der Waals surface area contributed by atoms with Crippen LogP contribution in [0.4, 0.5) is 5.69 Å². The first-order valence-corrected chi connectivity index (χ1v) is 10.3. The van der Waals surface area contributed by atoms with Gasteiger partial charge in [-0.15, -0.1) is 11.8 Å². The zero-order chi connectivity index (χ0) is 19.6. The monoisotopic (exact) mass is 406 g/mol. The van der Waals surface area contributed by atoms with Crippen molar-refractivity contribution >= 4 is 47.0 Å². The second-order valence-electron chi connectivity index (χ2n) is 6.56. The largest absolute Gasteiger partial charge is 0.392 e. The summed E-state index contributed by atoms with van der Waals surface area (Å²) < 4.78 is 0. The number of thioether (sulfide) groups is 1. The lowest BCUT2D eigenvalue weighted by Gasteiger charge is -2.44. The first-order chi connectivity index (χ1) is 12.9. The molecule has 27 heavy (non-hydrogen) atoms. The number of fused-ring (bicyclic) bond motifs is 1. The molecule has 0 spiro atoms. The van der Waals surface area contributed by atoms with E-state index in [9.17, 15) is 19.5 Å². The smallest absolute Gasteiger partial charge is 0.236 e. The molecule has 1 aromatic rings. The highest BCUT2D eigenvalue weighted by Gasteiger charge is 2.57. The molecule has 6 nitrogen and oxygen atoms in total. The average Bonchev–Trinajstić information content (AvgIpc) is 2.97. The van der Waals surface area contributed by atoms with Gasteiger partial charge in [-0.05, 0) is 31.4 Å². The summed E-state index contributed by atoms with van der Waals surface area (Å²) >= 11 is 5.35. The van der Waals surface area contributed by atoms with E-state index in [0.717, 1.165) is 10.6 Å². The maximum absolute atomic E-state index is 12.4. The van der Waals surface area contributed by atoms with Gasteiger partial charge in [-0.3, -0.25) is 19.3 Å². The van der Waals surface area contributed by atoms with Crippen LogP contribution in [0.5, 0.6) is 0 Å². The normalized spacial score (nSPS) is 22.3. The summed E-state index contributed by atoms with van der Waals surface area (Å²) in [5, 5.41) is 12.2. The molecule has 0 saturated carbocycles. The van der Waals surface area contributed by atoms with Crippen LogP contribution in [0.2, 0.25) is 0 Å². The minimum atomic E-state index is -0.710. The van der Waals surface area contributed by atoms with Crippen LogP contribution < -0.4 is 5.32 Å². The van der Waals surface area contributed by atoms with E-state index in [1.165, 1.54) is 16.7 Å². The molecule has 1 aromatic carbocycles. The fraction of sp³-hybridized carbons (Fsp3) is 0.421. The Balaban J connectivity index is 1.58. The summed E-state index contributed by atoms with van der Waals surface area (Å²) in [5.74, 6) is -0.806. The number of aliphatic hydroxyl groups is 1. The van der Waals surface area contributed by atoms with Gasteiger partial charge in [0, 0.05) is 17.0 Å². The zero-order valence-corrected chi connectivity index (χ0v) is 16.6. The van der Waals surface area contributed by atoms with Gasteiger partial charge >= 0.3 is 0 Å². The number of aliphatic hydroxyl groups excluding tert-OH is 1. The summed E-state index contributed by atoms with van der Waals surface area (Å²) in [4.78, 5) is 38.6. The summed E-state index contributed by atoms with van der Waals surface area (Å²) in [6, 6.07) is 9.22. The summed E-state index contributed by atoms with van der Waals surface area (Å²) in [6.45, 7) is 1.82. The van der Waals surface area contributed by atoms with Crippen LogP contribution in [0.25, 0.3) is 0 Å². The van der Waals surface area contributed by atoms with E-state index in [1.54, 1.807) is 0 Å². The minimum absolute atomic E-state index is 0.0952. The Bertz CT molecular complexity index is 781. The van der Waals surface area contributed by atoms with E-state index in [1.807, 2.05) is 37.3 Å². The van der Waals surface area contributed by atoms with Crippen LogP contribution in [0, 0.1) is 5.92 Å². The van der Waals surface area contributed by atoms with Crippen LogP contribution in [-0.4, -0.2) is 38.4 Å². The first-order valence-electron chi connectivity index (χ1n) is 8.93. The van der Waals surface area contributed by atoms with Crippen molar-refractivity contribution in [1.82, 2.24) is 4.90 Å². The van der Waals surface area contributed by atoms with Crippen LogP contribution in [0.15, 0.2) is 40.9 Å². The Morgan fingerprint density at radius 3 is 2.67 bits per heavy atom. The number of allylic oxidation sites excluding steroid dienone is 1. The van der Waals surface area contributed by atoms with Crippen LogP contribution in [0.1, 0.15) is 32.6 Å². The van der Waals surface area contributed by atoms with E-state index in [2.05, 4.69) is 17.9 Å². The summed E-state index contributed by atoms with van der Waals surface area (Å²) in [6.07, 6.45) is 1.16. The van der Waals surface area contributed by atoms with Gasteiger partial charge in [0.25, 0.3) is 0 Å². The molecule has 2 N–H and O–H groups in total. The molecular formula is C19H22N2O4S2. The van der Waals surface area contributed by atoms with Gasteiger partial charge in [0.05, 0.1) is 12.0 Å². The fourth-order valence-corrected chi connectivity index (χ4v) is 5.28. The summed E-state index contributed by atoms with van der Waals surface area (Å²) in [7, 11) is 0. The van der Waals surface area contributed by atoms with Gasteiger partial charge in [-0.25, -0.2) is 0 Å². The molecule has 1 saturated heterocycles. The van der Waals surface area contributed by atoms with Crippen LogP contribution >= 0.6 is 24.4 Å². The van der Waals surface area contributed by atoms with E-state index in [0.29, 0.717) is 31.4 Å². The van der Waals surface area contributed by atoms with E-state index >= 15 is 0 Å². The topological polar surface area (TPSA) is 86.7 Å². The molecule has 0 bridgehead atoms. The van der Waals surface area contributed by atoms with Crippen molar-refractivity contribution in [3.05, 3.63) is 40.9 Å². The lowest BCUT2D eigenvalue weighted by molar-refractivity contribution is -0.154. The van der Waals surface area contributed by atoms with E-state index < -0.39 is 17.1 Å². The molecule has 1 fully saturated rings. The fourth-order valence-electron chi connectivity index (χ4n) is 3.35. The van der Waals surface area contributed by atoms with Gasteiger partial charge < -0.3 is 10.4 Å². The molecule has 3 rings (SSSR count). The van der Waals surface area contributed by atoms with Gasteiger partial charge in [-0.2, -0.15) is 0 Å². The predicted molar refractivity (Wildman–Crippen MR) is 108 cm³/mol. The highest BCUT2D eigenvalue weighted by atomic mass is 32.2. The maximum atomic E-state index is 12.4. The van der Waals surface area contributed by atoms with Crippen molar-refractivity contribution in [1.29, 1.82) is 0 Å². The molecule has 144 valence electrons. The number of thiol groups is 1. The Labute approximate surface area is 167 Å². The van der Waals surface area contributed by atoms with Crippen molar-refractivity contribution in [3.8, 4) is 0 Å². The number of nitrogens with zero attached hydrogens (tertiary/aromatic N) is 1. The standard InChI is InChI=1S/C19H22N2O4S2/c1-2-12(22)15-17(24)21-16(19(25)26)13(27-18(15)21)9-6-10-14(23)20-11-7-4-3-5-8-11/h3-5,7-8,12,15,18,22H,2,6,9-10H2,1H3,(H,20,23)(H,25,26)/t12-,15+,18+/m0/s1. The summed E-state index contributed by atoms with van der Waals surface area (Å²) in [5.41, 5.74) is 1.05. The first kappa shape index (κ1) is 20.0. The molecule has 2 amide bonds. The highest BCUT2D eigenvalue weighted by Crippen LogP contribution is 2.52. The molecule has 2 heterocycles. The number of hydrogen-bond donors (Lipinski definition) is 3. The minimum Gasteiger partial charge on any atom is -0.392 e. The number of β-lactam (4-membered cyclic amide) rings is 1. The SMILES string of the molecule is CC[C@H](O)[C@@H]1C(=O)N2C(C(=O)S)=C(CCCC(=O)Nc3ccccc3)S[C@H]12. The average molecular weight is 407 g/mol. The number of benzene rings is 1. The molecule has 2 aliphatic rings. The number of amides is 2. The van der Waals surface area contributed by atoms with Crippen molar-refractivity contribution in [2.75, 3.05) is 5.32 Å². The molecule has 8 heteroatoms. The van der Waals surface area contributed by atoms with Crippen molar-refractivity contribution in [3.63, 3.8) is 0 Å². The van der Waals surface area contributed by atoms with Gasteiger partial charge in [0.15, 0.2) is 0 Å². The molecule has 0 aliphatic carbocycles. The molecular weight excluding hydrogens is 384 g/mol. The second kappa shape index (κ2) is 8.50. The van der Waals surface area contributed by atoms with Gasteiger partial charge in [-0.1, -0.05) is 37.8 Å². The number of para-hydroxylation sites is 1. The third-order valence-electron chi connectivity index (χ3n) is 4.75. The van der Waals surface area contributed by atoms with Crippen molar-refractivity contribution < 1.29 is 19.5 Å². The molecule has 2 aliphatic heterocycles. The Morgan fingerprint density at radius 2 is 2.04 bits per heavy atom. The van der Waals surface area contributed by atoms with Crippen LogP contribution in [-0.2, 0) is 14.4 Å². The lowest BCUT2D eigenvalue weighted by Crippen LogP contribution is -2.61. The third kappa shape index (κ3) is 4.07.